The minimum Gasteiger partial charge on any atom is -0.494 e. The van der Waals surface area contributed by atoms with Crippen molar-refractivity contribution in [1.29, 1.82) is 0 Å². The van der Waals surface area contributed by atoms with Gasteiger partial charge < -0.3 is 4.74 Å². The van der Waals surface area contributed by atoms with Gasteiger partial charge in [0.1, 0.15) is 5.75 Å². The molecule has 0 radical (unpaired) electrons. The third-order valence-corrected chi connectivity index (χ3v) is 3.17. The van der Waals surface area contributed by atoms with Gasteiger partial charge in [0, 0.05) is 17.0 Å². The van der Waals surface area contributed by atoms with Gasteiger partial charge in [0.25, 0.3) is 0 Å². The first-order valence-corrected chi connectivity index (χ1v) is 6.68. The summed E-state index contributed by atoms with van der Waals surface area (Å²) >= 11 is 4.28. The zero-order valence-electron chi connectivity index (χ0n) is 10.7. The fraction of sp³-hybridized carbons (Fsp3) is 0.267. The average molecular weight is 259 g/mol. The van der Waals surface area contributed by atoms with Crippen molar-refractivity contribution < 1.29 is 4.74 Å². The van der Waals surface area contributed by atoms with Crippen LogP contribution in [0.3, 0.4) is 0 Å². The van der Waals surface area contributed by atoms with Crippen LogP contribution in [0.2, 0.25) is 0 Å². The predicted octanol–water partition coefficient (Wildman–Crippen LogP) is 3.89. The molecular formula is C15H17NOS. The monoisotopic (exact) mass is 259 g/mol. The van der Waals surface area contributed by atoms with Gasteiger partial charge in [0.15, 0.2) is 0 Å². The van der Waals surface area contributed by atoms with E-state index < -0.39 is 0 Å². The maximum absolute atomic E-state index is 5.43. The number of ether oxygens (including phenoxy) is 1. The van der Waals surface area contributed by atoms with E-state index in [1.54, 1.807) is 0 Å². The van der Waals surface area contributed by atoms with Crippen LogP contribution in [0.25, 0.3) is 11.3 Å². The molecule has 0 saturated carbocycles. The SMILES string of the molecule is CCOc1ccc(-c2ccc(CS)c(C)n2)cc1. The molecule has 1 aromatic heterocycles. The topological polar surface area (TPSA) is 22.1 Å². The molecule has 18 heavy (non-hydrogen) atoms. The van der Waals surface area contributed by atoms with Crippen molar-refractivity contribution >= 4 is 12.6 Å². The Labute approximate surface area is 113 Å². The van der Waals surface area contributed by atoms with Crippen LogP contribution in [0.4, 0.5) is 0 Å². The molecule has 0 bridgehead atoms. The minimum absolute atomic E-state index is 0.688. The quantitative estimate of drug-likeness (QED) is 0.842. The van der Waals surface area contributed by atoms with E-state index in [9.17, 15) is 0 Å². The van der Waals surface area contributed by atoms with E-state index in [0.717, 1.165) is 28.5 Å². The van der Waals surface area contributed by atoms with E-state index in [-0.39, 0.29) is 0 Å². The maximum atomic E-state index is 5.43. The number of pyridine rings is 1. The first-order valence-electron chi connectivity index (χ1n) is 6.05. The molecule has 0 amide bonds. The number of hydrogen-bond donors (Lipinski definition) is 1. The smallest absolute Gasteiger partial charge is 0.119 e. The highest BCUT2D eigenvalue weighted by Crippen LogP contribution is 2.22. The second kappa shape index (κ2) is 5.91. The third-order valence-electron chi connectivity index (χ3n) is 2.83. The zero-order valence-corrected chi connectivity index (χ0v) is 11.6. The normalized spacial score (nSPS) is 10.4. The molecule has 0 aliphatic carbocycles. The molecule has 2 nitrogen and oxygen atoms in total. The van der Waals surface area contributed by atoms with Crippen molar-refractivity contribution in [3.8, 4) is 17.0 Å². The molecule has 0 aliphatic rings. The van der Waals surface area contributed by atoms with Crippen molar-refractivity contribution in [3.63, 3.8) is 0 Å². The lowest BCUT2D eigenvalue weighted by atomic mass is 10.1. The molecule has 0 aliphatic heterocycles. The summed E-state index contributed by atoms with van der Waals surface area (Å²) in [6.07, 6.45) is 0. The summed E-state index contributed by atoms with van der Waals surface area (Å²) in [5.74, 6) is 1.62. The van der Waals surface area contributed by atoms with Gasteiger partial charge in [-0.25, -0.2) is 0 Å². The largest absolute Gasteiger partial charge is 0.494 e. The van der Waals surface area contributed by atoms with Gasteiger partial charge >= 0.3 is 0 Å². The van der Waals surface area contributed by atoms with Crippen molar-refractivity contribution in [1.82, 2.24) is 4.98 Å². The molecule has 1 heterocycles. The second-order valence-electron chi connectivity index (χ2n) is 4.06. The lowest BCUT2D eigenvalue weighted by Crippen LogP contribution is -1.93. The summed E-state index contributed by atoms with van der Waals surface area (Å²) in [5.41, 5.74) is 4.30. The number of nitrogens with zero attached hydrogens (tertiary/aromatic N) is 1. The summed E-state index contributed by atoms with van der Waals surface area (Å²) in [5, 5.41) is 0. The lowest BCUT2D eigenvalue weighted by molar-refractivity contribution is 0.340. The molecular weight excluding hydrogens is 242 g/mol. The molecule has 3 heteroatoms. The molecule has 0 atom stereocenters. The van der Waals surface area contributed by atoms with Gasteiger partial charge in [-0.1, -0.05) is 6.07 Å². The number of aryl methyl sites for hydroxylation is 1. The van der Waals surface area contributed by atoms with Gasteiger partial charge in [-0.15, -0.1) is 0 Å². The molecule has 0 fully saturated rings. The van der Waals surface area contributed by atoms with E-state index in [4.69, 9.17) is 4.74 Å². The fourth-order valence-corrected chi connectivity index (χ4v) is 2.14. The van der Waals surface area contributed by atoms with Crippen LogP contribution in [0.15, 0.2) is 36.4 Å². The first-order chi connectivity index (χ1) is 8.74. The van der Waals surface area contributed by atoms with E-state index in [2.05, 4.69) is 23.7 Å². The number of thiol groups is 1. The molecule has 94 valence electrons. The Balaban J connectivity index is 2.28. The Morgan fingerprint density at radius 1 is 1.11 bits per heavy atom. The first kappa shape index (κ1) is 13.0. The second-order valence-corrected chi connectivity index (χ2v) is 4.37. The van der Waals surface area contributed by atoms with Crippen LogP contribution in [-0.2, 0) is 5.75 Å². The molecule has 0 saturated heterocycles. The van der Waals surface area contributed by atoms with Gasteiger partial charge in [0.2, 0.25) is 0 Å². The summed E-state index contributed by atoms with van der Waals surface area (Å²) in [6.45, 7) is 4.69. The van der Waals surface area contributed by atoms with E-state index in [1.807, 2.05) is 44.2 Å². The van der Waals surface area contributed by atoms with Gasteiger partial charge in [-0.2, -0.15) is 12.6 Å². The van der Waals surface area contributed by atoms with E-state index in [0.29, 0.717) is 6.61 Å². The molecule has 0 spiro atoms. The van der Waals surface area contributed by atoms with Crippen molar-refractivity contribution in [2.24, 2.45) is 0 Å². The Morgan fingerprint density at radius 3 is 2.39 bits per heavy atom. The van der Waals surface area contributed by atoms with Crippen LogP contribution in [0.5, 0.6) is 5.75 Å². The van der Waals surface area contributed by atoms with Crippen LogP contribution in [0, 0.1) is 6.92 Å². The number of rotatable bonds is 4. The summed E-state index contributed by atoms with van der Waals surface area (Å²) < 4.78 is 5.43. The Morgan fingerprint density at radius 2 is 1.83 bits per heavy atom. The summed E-state index contributed by atoms with van der Waals surface area (Å²) in [4.78, 5) is 4.60. The third kappa shape index (κ3) is 2.85. The fourth-order valence-electron chi connectivity index (χ4n) is 1.81. The number of aromatic nitrogens is 1. The maximum Gasteiger partial charge on any atom is 0.119 e. The predicted molar refractivity (Wildman–Crippen MR) is 78.3 cm³/mol. The summed E-state index contributed by atoms with van der Waals surface area (Å²) in [6, 6.07) is 12.1. The molecule has 2 aromatic rings. The van der Waals surface area contributed by atoms with Gasteiger partial charge in [-0.05, 0) is 49.7 Å². The van der Waals surface area contributed by atoms with Crippen molar-refractivity contribution in [2.75, 3.05) is 6.61 Å². The van der Waals surface area contributed by atoms with Crippen molar-refractivity contribution in [3.05, 3.63) is 47.7 Å². The Kier molecular flexibility index (Phi) is 4.26. The molecule has 2 rings (SSSR count). The number of hydrogen-bond acceptors (Lipinski definition) is 3. The van der Waals surface area contributed by atoms with E-state index in [1.165, 1.54) is 5.56 Å². The zero-order chi connectivity index (χ0) is 13.0. The lowest BCUT2D eigenvalue weighted by Gasteiger charge is -2.07. The Hall–Kier alpha value is -1.48. The van der Waals surface area contributed by atoms with Crippen LogP contribution in [-0.4, -0.2) is 11.6 Å². The molecule has 0 unspecified atom stereocenters. The average Bonchev–Trinajstić information content (AvgIpc) is 2.40. The highest BCUT2D eigenvalue weighted by molar-refractivity contribution is 7.79. The van der Waals surface area contributed by atoms with Crippen LogP contribution >= 0.6 is 12.6 Å². The Bertz CT molecular complexity index is 523. The van der Waals surface area contributed by atoms with Crippen molar-refractivity contribution in [2.45, 2.75) is 19.6 Å². The summed E-state index contributed by atoms with van der Waals surface area (Å²) in [7, 11) is 0. The van der Waals surface area contributed by atoms with E-state index >= 15 is 0 Å². The van der Waals surface area contributed by atoms with Crippen LogP contribution < -0.4 is 4.74 Å². The standard InChI is InChI=1S/C15H17NOS/c1-3-17-14-7-4-12(5-8-14)15-9-6-13(10-18)11(2)16-15/h4-9,18H,3,10H2,1-2H3. The van der Waals surface area contributed by atoms with Gasteiger partial charge in [-0.3, -0.25) is 4.98 Å². The highest BCUT2D eigenvalue weighted by atomic mass is 32.1. The molecule has 0 N–H and O–H groups in total. The number of benzene rings is 1. The van der Waals surface area contributed by atoms with Gasteiger partial charge in [0.05, 0.1) is 12.3 Å². The minimum atomic E-state index is 0.688. The highest BCUT2D eigenvalue weighted by Gasteiger charge is 2.03. The van der Waals surface area contributed by atoms with Crippen LogP contribution in [0.1, 0.15) is 18.2 Å². The molecule has 1 aromatic carbocycles.